The lowest BCUT2D eigenvalue weighted by Crippen LogP contribution is -2.46. The van der Waals surface area contributed by atoms with Crippen LogP contribution >= 0.6 is 0 Å². The standard InChI is InChI=1S/C14H19NO.C2H2O4/c1-16-13-4-2-3-12(9-13)14-10-15-7-5-11(14)6-8-15;3-1(4)2(5)6/h2-4,9,11,14H,5-8,10H2,1H3;(H,3,4)(H,5,6). The first-order chi connectivity index (χ1) is 10.5. The van der Waals surface area contributed by atoms with E-state index in [0.717, 1.165) is 17.6 Å². The van der Waals surface area contributed by atoms with Crippen LogP contribution in [-0.2, 0) is 9.59 Å². The summed E-state index contributed by atoms with van der Waals surface area (Å²) in [7, 11) is 1.75. The maximum absolute atomic E-state index is 9.10. The molecule has 22 heavy (non-hydrogen) atoms. The van der Waals surface area contributed by atoms with E-state index in [1.165, 1.54) is 38.0 Å². The van der Waals surface area contributed by atoms with Gasteiger partial charge >= 0.3 is 11.9 Å². The van der Waals surface area contributed by atoms with Crippen LogP contribution in [0.2, 0.25) is 0 Å². The summed E-state index contributed by atoms with van der Waals surface area (Å²) in [6.45, 7) is 3.87. The smallest absolute Gasteiger partial charge is 0.414 e. The third-order valence-corrected chi connectivity index (χ3v) is 4.36. The molecule has 3 aliphatic heterocycles. The Hall–Kier alpha value is -2.08. The van der Waals surface area contributed by atoms with Gasteiger partial charge in [-0.05, 0) is 55.5 Å². The number of hydrogen-bond acceptors (Lipinski definition) is 4. The van der Waals surface area contributed by atoms with Crippen molar-refractivity contribution in [1.29, 1.82) is 0 Å². The molecular weight excluding hydrogens is 286 g/mol. The Kier molecular flexibility index (Phi) is 5.38. The van der Waals surface area contributed by atoms with E-state index in [4.69, 9.17) is 24.5 Å². The molecule has 1 aromatic rings. The van der Waals surface area contributed by atoms with Gasteiger partial charge in [0.25, 0.3) is 0 Å². The number of fused-ring (bicyclic) bond motifs is 3. The van der Waals surface area contributed by atoms with Crippen LogP contribution in [0.3, 0.4) is 0 Å². The largest absolute Gasteiger partial charge is 0.497 e. The molecule has 1 unspecified atom stereocenters. The lowest BCUT2D eigenvalue weighted by molar-refractivity contribution is -0.159. The van der Waals surface area contributed by atoms with Crippen LogP contribution in [0.1, 0.15) is 24.3 Å². The monoisotopic (exact) mass is 307 g/mol. The highest BCUT2D eigenvalue weighted by Crippen LogP contribution is 2.39. The molecule has 0 radical (unpaired) electrons. The summed E-state index contributed by atoms with van der Waals surface area (Å²) >= 11 is 0. The molecule has 0 aromatic heterocycles. The Morgan fingerprint density at radius 1 is 1.18 bits per heavy atom. The molecule has 2 N–H and O–H groups in total. The number of benzene rings is 1. The van der Waals surface area contributed by atoms with Crippen molar-refractivity contribution in [2.45, 2.75) is 18.8 Å². The Bertz CT molecular complexity index is 525. The number of aliphatic carboxylic acids is 2. The van der Waals surface area contributed by atoms with Crippen LogP contribution in [0, 0.1) is 5.92 Å². The molecule has 0 aliphatic carbocycles. The molecule has 120 valence electrons. The van der Waals surface area contributed by atoms with Gasteiger partial charge in [0.1, 0.15) is 5.75 Å². The first-order valence-electron chi connectivity index (χ1n) is 7.33. The Labute approximate surface area is 129 Å². The number of carboxylic acid groups (broad SMARTS) is 2. The highest BCUT2D eigenvalue weighted by Gasteiger charge is 2.34. The fourth-order valence-electron chi connectivity index (χ4n) is 3.21. The van der Waals surface area contributed by atoms with E-state index in [0.29, 0.717) is 0 Å². The van der Waals surface area contributed by atoms with Gasteiger partial charge in [-0.3, -0.25) is 0 Å². The minimum atomic E-state index is -1.82. The lowest BCUT2D eigenvalue weighted by Gasteiger charge is -2.45. The molecule has 4 rings (SSSR count). The van der Waals surface area contributed by atoms with Gasteiger partial charge in [-0.15, -0.1) is 0 Å². The van der Waals surface area contributed by atoms with Crippen molar-refractivity contribution in [2.24, 2.45) is 5.92 Å². The quantitative estimate of drug-likeness (QED) is 0.808. The van der Waals surface area contributed by atoms with Crippen molar-refractivity contribution in [1.82, 2.24) is 4.90 Å². The van der Waals surface area contributed by atoms with Crippen molar-refractivity contribution in [2.75, 3.05) is 26.7 Å². The fourth-order valence-corrected chi connectivity index (χ4v) is 3.21. The van der Waals surface area contributed by atoms with Gasteiger partial charge in [0.15, 0.2) is 0 Å². The number of rotatable bonds is 2. The van der Waals surface area contributed by atoms with Crippen molar-refractivity contribution in [3.63, 3.8) is 0 Å². The van der Waals surface area contributed by atoms with E-state index in [1.807, 2.05) is 6.07 Å². The van der Waals surface area contributed by atoms with Gasteiger partial charge in [0.2, 0.25) is 0 Å². The maximum Gasteiger partial charge on any atom is 0.414 e. The molecule has 3 fully saturated rings. The molecule has 2 bridgehead atoms. The molecule has 6 nitrogen and oxygen atoms in total. The number of carboxylic acids is 2. The third kappa shape index (κ3) is 3.98. The number of carbonyl (C=O) groups is 2. The summed E-state index contributed by atoms with van der Waals surface area (Å²) in [6.07, 6.45) is 2.75. The zero-order valence-corrected chi connectivity index (χ0v) is 12.6. The molecule has 3 heterocycles. The maximum atomic E-state index is 9.10. The first-order valence-corrected chi connectivity index (χ1v) is 7.33. The minimum absolute atomic E-state index is 0.734. The zero-order valence-electron chi connectivity index (χ0n) is 12.6. The molecule has 1 aromatic carbocycles. The molecule has 1 atom stereocenters. The zero-order chi connectivity index (χ0) is 16.1. The van der Waals surface area contributed by atoms with Crippen LogP contribution in [0.5, 0.6) is 5.75 Å². The number of hydrogen-bond donors (Lipinski definition) is 2. The summed E-state index contributed by atoms with van der Waals surface area (Å²) in [5, 5.41) is 14.8. The highest BCUT2D eigenvalue weighted by molar-refractivity contribution is 6.27. The van der Waals surface area contributed by atoms with Crippen molar-refractivity contribution < 1.29 is 24.5 Å². The predicted molar refractivity (Wildman–Crippen MR) is 80.2 cm³/mol. The number of methoxy groups -OCH3 is 1. The summed E-state index contributed by atoms with van der Waals surface area (Å²) in [4.78, 5) is 20.8. The Morgan fingerprint density at radius 2 is 1.82 bits per heavy atom. The van der Waals surface area contributed by atoms with Gasteiger partial charge in [-0.1, -0.05) is 12.1 Å². The summed E-state index contributed by atoms with van der Waals surface area (Å²) in [5.41, 5.74) is 1.47. The molecule has 0 spiro atoms. The number of ether oxygens (including phenoxy) is 1. The first kappa shape index (κ1) is 16.3. The van der Waals surface area contributed by atoms with E-state index in [9.17, 15) is 0 Å². The van der Waals surface area contributed by atoms with E-state index in [2.05, 4.69) is 23.1 Å². The number of piperidine rings is 3. The predicted octanol–water partition coefficient (Wildman–Crippen LogP) is 1.66. The Morgan fingerprint density at radius 3 is 2.27 bits per heavy atom. The topological polar surface area (TPSA) is 87.1 Å². The molecule has 3 saturated heterocycles. The molecule has 0 amide bonds. The van der Waals surface area contributed by atoms with Gasteiger partial charge in [0.05, 0.1) is 7.11 Å². The molecule has 0 saturated carbocycles. The van der Waals surface area contributed by atoms with Crippen LogP contribution in [0.4, 0.5) is 0 Å². The van der Waals surface area contributed by atoms with Gasteiger partial charge in [0, 0.05) is 6.54 Å². The van der Waals surface area contributed by atoms with Gasteiger partial charge < -0.3 is 19.8 Å². The summed E-state index contributed by atoms with van der Waals surface area (Å²) in [6, 6.07) is 8.62. The SMILES string of the molecule is COc1cccc(C2CN3CCC2CC3)c1.O=C(O)C(=O)O. The summed E-state index contributed by atoms with van der Waals surface area (Å²) in [5.74, 6) is -1.02. The fraction of sp³-hybridized carbons (Fsp3) is 0.500. The van der Waals surface area contributed by atoms with Crippen LogP contribution in [0.25, 0.3) is 0 Å². The van der Waals surface area contributed by atoms with Crippen molar-refractivity contribution in [3.05, 3.63) is 29.8 Å². The molecule has 3 aliphatic rings. The minimum Gasteiger partial charge on any atom is -0.497 e. The van der Waals surface area contributed by atoms with E-state index in [-0.39, 0.29) is 0 Å². The van der Waals surface area contributed by atoms with E-state index >= 15 is 0 Å². The van der Waals surface area contributed by atoms with E-state index < -0.39 is 11.9 Å². The van der Waals surface area contributed by atoms with Crippen LogP contribution in [-0.4, -0.2) is 53.8 Å². The second-order valence-corrected chi connectivity index (χ2v) is 5.63. The Balaban J connectivity index is 0.000000254. The molecular formula is C16H21NO5. The van der Waals surface area contributed by atoms with Crippen molar-refractivity contribution >= 4 is 11.9 Å². The number of nitrogens with zero attached hydrogens (tertiary/aromatic N) is 1. The van der Waals surface area contributed by atoms with Gasteiger partial charge in [-0.2, -0.15) is 0 Å². The van der Waals surface area contributed by atoms with E-state index in [1.54, 1.807) is 7.11 Å². The average Bonchev–Trinajstić information content (AvgIpc) is 2.56. The second-order valence-electron chi connectivity index (χ2n) is 5.63. The summed E-state index contributed by atoms with van der Waals surface area (Å²) < 4.78 is 5.31. The normalized spacial score (nSPS) is 25.8. The highest BCUT2D eigenvalue weighted by atomic mass is 16.5. The third-order valence-electron chi connectivity index (χ3n) is 4.36. The van der Waals surface area contributed by atoms with Crippen LogP contribution in [0.15, 0.2) is 24.3 Å². The molecule has 6 heteroatoms. The lowest BCUT2D eigenvalue weighted by atomic mass is 9.75. The van der Waals surface area contributed by atoms with Crippen molar-refractivity contribution in [3.8, 4) is 5.75 Å². The second kappa shape index (κ2) is 7.26. The van der Waals surface area contributed by atoms with Crippen LogP contribution < -0.4 is 4.74 Å². The average molecular weight is 307 g/mol. The van der Waals surface area contributed by atoms with Gasteiger partial charge in [-0.25, -0.2) is 9.59 Å².